The number of sulfonamides is 1. The first-order valence-corrected chi connectivity index (χ1v) is 7.76. The molecular formula is C10H19N5O2S. The normalized spacial score (nSPS) is 16.1. The van der Waals surface area contributed by atoms with Crippen molar-refractivity contribution in [3.63, 3.8) is 0 Å². The third-order valence-electron chi connectivity index (χ3n) is 2.86. The number of nitrogens with zero attached hydrogens (tertiary/aromatic N) is 3. The predicted octanol–water partition coefficient (Wildman–Crippen LogP) is -0.971. The summed E-state index contributed by atoms with van der Waals surface area (Å²) in [5, 5.41) is 10.8. The predicted molar refractivity (Wildman–Crippen MR) is 67.5 cm³/mol. The first-order chi connectivity index (χ1) is 8.57. The van der Waals surface area contributed by atoms with Crippen molar-refractivity contribution in [1.82, 2.24) is 24.8 Å². The van der Waals surface area contributed by atoms with Crippen molar-refractivity contribution in [1.29, 1.82) is 0 Å². The summed E-state index contributed by atoms with van der Waals surface area (Å²) in [5.74, 6) is 0.899. The molecule has 1 aliphatic carbocycles. The highest BCUT2D eigenvalue weighted by molar-refractivity contribution is 7.89. The zero-order valence-electron chi connectivity index (χ0n) is 10.5. The van der Waals surface area contributed by atoms with Crippen molar-refractivity contribution >= 4 is 10.0 Å². The fraction of sp³-hybridized carbons (Fsp3) is 0.800. The summed E-state index contributed by atoms with van der Waals surface area (Å²) >= 11 is 0. The van der Waals surface area contributed by atoms with Crippen LogP contribution in [0.15, 0.2) is 6.33 Å². The Morgan fingerprint density at radius 1 is 1.44 bits per heavy atom. The Hall–Kier alpha value is -0.990. The van der Waals surface area contributed by atoms with E-state index in [0.29, 0.717) is 25.6 Å². The molecule has 0 amide bonds. The lowest BCUT2D eigenvalue weighted by Crippen LogP contribution is -2.34. The molecule has 0 atom stereocenters. The standard InChI is InChI=1S/C10H19N5O2S/c1-15-8-12-14-10(15)4-5-13-18(16,17)7-6-11-9-2-3-9/h8-9,11,13H,2-7H2,1H3. The number of hydrogen-bond acceptors (Lipinski definition) is 5. The van der Waals surface area contributed by atoms with Crippen LogP contribution in [0.2, 0.25) is 0 Å². The highest BCUT2D eigenvalue weighted by Crippen LogP contribution is 2.17. The lowest BCUT2D eigenvalue weighted by atomic mass is 10.4. The van der Waals surface area contributed by atoms with Crippen molar-refractivity contribution in [3.05, 3.63) is 12.2 Å². The van der Waals surface area contributed by atoms with Gasteiger partial charge in [-0.05, 0) is 12.8 Å². The summed E-state index contributed by atoms with van der Waals surface area (Å²) in [5.41, 5.74) is 0. The fourth-order valence-electron chi connectivity index (χ4n) is 1.61. The Kier molecular flexibility index (Phi) is 4.31. The molecule has 0 spiro atoms. The molecule has 1 aliphatic rings. The van der Waals surface area contributed by atoms with E-state index in [1.807, 2.05) is 7.05 Å². The zero-order chi connectivity index (χ0) is 13.0. The van der Waals surface area contributed by atoms with Gasteiger partial charge in [0.2, 0.25) is 10.0 Å². The van der Waals surface area contributed by atoms with Crippen LogP contribution < -0.4 is 10.0 Å². The van der Waals surface area contributed by atoms with Gasteiger partial charge >= 0.3 is 0 Å². The molecule has 7 nitrogen and oxygen atoms in total. The van der Waals surface area contributed by atoms with Crippen LogP contribution in [0.4, 0.5) is 0 Å². The second-order valence-electron chi connectivity index (χ2n) is 4.55. The molecule has 0 bridgehead atoms. The average Bonchev–Trinajstić information content (AvgIpc) is 3.03. The van der Waals surface area contributed by atoms with E-state index in [0.717, 1.165) is 5.82 Å². The Labute approximate surface area is 107 Å². The second-order valence-corrected chi connectivity index (χ2v) is 6.48. The first kappa shape index (κ1) is 13.4. The lowest BCUT2D eigenvalue weighted by Gasteiger charge is -2.07. The van der Waals surface area contributed by atoms with E-state index in [9.17, 15) is 8.42 Å². The molecule has 1 heterocycles. The molecule has 1 fully saturated rings. The number of aryl methyl sites for hydroxylation is 1. The molecule has 0 radical (unpaired) electrons. The molecule has 1 aromatic rings. The molecule has 0 saturated heterocycles. The number of rotatable bonds is 8. The summed E-state index contributed by atoms with van der Waals surface area (Å²) in [6.45, 7) is 0.877. The van der Waals surface area contributed by atoms with E-state index < -0.39 is 10.0 Å². The summed E-state index contributed by atoms with van der Waals surface area (Å²) in [6, 6.07) is 0.541. The molecule has 102 valence electrons. The highest BCUT2D eigenvalue weighted by atomic mass is 32.2. The van der Waals surface area contributed by atoms with Crippen LogP contribution in [0.5, 0.6) is 0 Å². The van der Waals surface area contributed by atoms with Crippen LogP contribution in [-0.2, 0) is 23.5 Å². The van der Waals surface area contributed by atoms with Gasteiger partial charge in [0.1, 0.15) is 12.2 Å². The van der Waals surface area contributed by atoms with Crippen LogP contribution in [-0.4, -0.2) is 48.1 Å². The topological polar surface area (TPSA) is 88.9 Å². The Morgan fingerprint density at radius 2 is 2.22 bits per heavy atom. The summed E-state index contributed by atoms with van der Waals surface area (Å²) < 4.78 is 27.7. The summed E-state index contributed by atoms with van der Waals surface area (Å²) in [6.07, 6.45) is 4.48. The zero-order valence-corrected chi connectivity index (χ0v) is 11.3. The molecule has 8 heteroatoms. The van der Waals surface area contributed by atoms with Gasteiger partial charge < -0.3 is 9.88 Å². The third-order valence-corrected chi connectivity index (χ3v) is 4.24. The monoisotopic (exact) mass is 273 g/mol. The van der Waals surface area contributed by atoms with E-state index in [4.69, 9.17) is 0 Å². The largest absolute Gasteiger partial charge is 0.321 e. The van der Waals surface area contributed by atoms with Crippen LogP contribution in [0, 0.1) is 0 Å². The van der Waals surface area contributed by atoms with Gasteiger partial charge in [0, 0.05) is 32.6 Å². The Bertz CT molecular complexity index is 480. The molecule has 18 heavy (non-hydrogen) atoms. The minimum atomic E-state index is -3.19. The number of aromatic nitrogens is 3. The van der Waals surface area contributed by atoms with Crippen molar-refractivity contribution < 1.29 is 8.42 Å². The Morgan fingerprint density at radius 3 is 2.83 bits per heavy atom. The molecule has 1 aromatic heterocycles. The quantitative estimate of drug-likeness (QED) is 0.636. The van der Waals surface area contributed by atoms with Gasteiger partial charge in [-0.3, -0.25) is 0 Å². The minimum absolute atomic E-state index is 0.127. The van der Waals surface area contributed by atoms with E-state index in [1.54, 1.807) is 10.9 Å². The van der Waals surface area contributed by atoms with E-state index in [-0.39, 0.29) is 5.75 Å². The maximum atomic E-state index is 11.7. The van der Waals surface area contributed by atoms with Crippen LogP contribution in [0.25, 0.3) is 0 Å². The maximum absolute atomic E-state index is 11.7. The van der Waals surface area contributed by atoms with Gasteiger partial charge in [-0.1, -0.05) is 0 Å². The fourth-order valence-corrected chi connectivity index (χ4v) is 2.55. The van der Waals surface area contributed by atoms with Crippen molar-refractivity contribution in [2.24, 2.45) is 7.05 Å². The van der Waals surface area contributed by atoms with Crippen LogP contribution >= 0.6 is 0 Å². The average molecular weight is 273 g/mol. The Balaban J connectivity index is 1.66. The van der Waals surface area contributed by atoms with Gasteiger partial charge in [-0.25, -0.2) is 13.1 Å². The van der Waals surface area contributed by atoms with Crippen molar-refractivity contribution in [2.75, 3.05) is 18.8 Å². The maximum Gasteiger partial charge on any atom is 0.212 e. The van der Waals surface area contributed by atoms with E-state index in [1.165, 1.54) is 12.8 Å². The minimum Gasteiger partial charge on any atom is -0.321 e. The van der Waals surface area contributed by atoms with Gasteiger partial charge in [0.25, 0.3) is 0 Å². The summed E-state index contributed by atoms with van der Waals surface area (Å²) in [7, 11) is -1.35. The van der Waals surface area contributed by atoms with E-state index >= 15 is 0 Å². The molecule has 2 N–H and O–H groups in total. The van der Waals surface area contributed by atoms with Crippen LogP contribution in [0.1, 0.15) is 18.7 Å². The van der Waals surface area contributed by atoms with Gasteiger partial charge in [-0.2, -0.15) is 0 Å². The van der Waals surface area contributed by atoms with Crippen molar-refractivity contribution in [2.45, 2.75) is 25.3 Å². The van der Waals surface area contributed by atoms with Gasteiger partial charge in [0.15, 0.2) is 0 Å². The third kappa shape index (κ3) is 4.35. The van der Waals surface area contributed by atoms with E-state index in [2.05, 4.69) is 20.2 Å². The molecule has 0 unspecified atom stereocenters. The number of nitrogens with one attached hydrogen (secondary N) is 2. The SMILES string of the molecule is Cn1cnnc1CCNS(=O)(=O)CCNC1CC1. The van der Waals surface area contributed by atoms with Gasteiger partial charge in [0.05, 0.1) is 5.75 Å². The molecule has 1 saturated carbocycles. The second kappa shape index (κ2) is 5.77. The summed E-state index contributed by atoms with van der Waals surface area (Å²) in [4.78, 5) is 0. The number of hydrogen-bond donors (Lipinski definition) is 2. The van der Waals surface area contributed by atoms with Crippen LogP contribution in [0.3, 0.4) is 0 Å². The van der Waals surface area contributed by atoms with Crippen molar-refractivity contribution in [3.8, 4) is 0 Å². The first-order valence-electron chi connectivity index (χ1n) is 6.10. The molecule has 0 aliphatic heterocycles. The highest BCUT2D eigenvalue weighted by Gasteiger charge is 2.21. The molecular weight excluding hydrogens is 254 g/mol. The van der Waals surface area contributed by atoms with Gasteiger partial charge in [-0.15, -0.1) is 10.2 Å². The molecule has 2 rings (SSSR count). The lowest BCUT2D eigenvalue weighted by molar-refractivity contribution is 0.575. The molecule has 0 aromatic carbocycles. The smallest absolute Gasteiger partial charge is 0.212 e.